The summed E-state index contributed by atoms with van der Waals surface area (Å²) in [5.41, 5.74) is 1.32. The van der Waals surface area contributed by atoms with Crippen molar-refractivity contribution in [2.45, 2.75) is 0 Å². The largest absolute Gasteiger partial charge is 0.493 e. The average Bonchev–Trinajstić information content (AvgIpc) is 3.01. The van der Waals surface area contributed by atoms with Gasteiger partial charge in [-0.15, -0.1) is 0 Å². The molecular formula is C21H18O6. The van der Waals surface area contributed by atoms with E-state index < -0.39 is 5.97 Å². The summed E-state index contributed by atoms with van der Waals surface area (Å²) in [4.78, 5) is 24.3. The van der Waals surface area contributed by atoms with Crippen LogP contribution in [-0.2, 0) is 4.74 Å². The number of carbonyl (C=O) groups excluding carboxylic acids is 2. The lowest BCUT2D eigenvalue weighted by Crippen LogP contribution is -2.03. The Kier molecular flexibility index (Phi) is 5.26. The first-order valence-corrected chi connectivity index (χ1v) is 8.15. The van der Waals surface area contributed by atoms with Crippen LogP contribution < -0.4 is 14.2 Å². The van der Waals surface area contributed by atoms with Crippen LogP contribution in [0.15, 0.2) is 54.8 Å². The minimum atomic E-state index is -0.511. The number of carbonyl (C=O) groups is 2. The molecule has 0 atom stereocenters. The number of hydrogen-bond acceptors (Lipinski definition) is 6. The Balaban J connectivity index is 1.88. The molecule has 138 valence electrons. The molecule has 0 saturated heterocycles. The molecule has 0 fully saturated rings. The Bertz CT molecular complexity index is 942. The van der Waals surface area contributed by atoms with E-state index in [0.29, 0.717) is 40.5 Å². The number of rotatable bonds is 6. The Labute approximate surface area is 156 Å². The number of methoxy groups -OCH3 is 2. The standard InChI is InChI=1S/C21H18O6/c1-4-9-26-17-7-5-13(10-18(17)24-2)11-19-20(22)15-12-14(21(23)25-3)6-8-16(15)27-19/h4-8,10-12H,1,9H2,2-3H3/b19-11-. The highest BCUT2D eigenvalue weighted by molar-refractivity contribution is 6.15. The van der Waals surface area contributed by atoms with Gasteiger partial charge in [0.25, 0.3) is 0 Å². The number of esters is 1. The molecule has 0 amide bonds. The fourth-order valence-electron chi connectivity index (χ4n) is 2.63. The zero-order chi connectivity index (χ0) is 19.4. The molecule has 6 nitrogen and oxygen atoms in total. The highest BCUT2D eigenvalue weighted by Crippen LogP contribution is 2.34. The van der Waals surface area contributed by atoms with Crippen molar-refractivity contribution in [2.24, 2.45) is 0 Å². The molecule has 6 heteroatoms. The lowest BCUT2D eigenvalue weighted by molar-refractivity contribution is 0.0600. The van der Waals surface area contributed by atoms with Gasteiger partial charge in [-0.2, -0.15) is 0 Å². The third-order valence-electron chi connectivity index (χ3n) is 3.93. The van der Waals surface area contributed by atoms with Gasteiger partial charge in [0.2, 0.25) is 5.78 Å². The fourth-order valence-corrected chi connectivity index (χ4v) is 2.63. The topological polar surface area (TPSA) is 71.1 Å². The molecule has 0 aromatic heterocycles. The van der Waals surface area contributed by atoms with Crippen molar-refractivity contribution in [3.8, 4) is 17.2 Å². The molecule has 0 spiro atoms. The van der Waals surface area contributed by atoms with Gasteiger partial charge in [0.05, 0.1) is 25.3 Å². The zero-order valence-electron chi connectivity index (χ0n) is 15.0. The number of fused-ring (bicyclic) bond motifs is 1. The monoisotopic (exact) mass is 366 g/mol. The molecule has 0 radical (unpaired) electrons. The maximum absolute atomic E-state index is 12.6. The van der Waals surface area contributed by atoms with Crippen LogP contribution in [-0.4, -0.2) is 32.6 Å². The molecule has 0 bridgehead atoms. The Morgan fingerprint density at radius 2 is 1.96 bits per heavy atom. The Hall–Kier alpha value is -3.54. The number of Topliss-reactive ketones (excluding diaryl/α,β-unsaturated/α-hetero) is 1. The number of allylic oxidation sites excluding steroid dienone is 1. The molecule has 2 aromatic rings. The molecule has 27 heavy (non-hydrogen) atoms. The quantitative estimate of drug-likeness (QED) is 0.441. The Morgan fingerprint density at radius 1 is 1.15 bits per heavy atom. The first-order valence-electron chi connectivity index (χ1n) is 8.15. The van der Waals surface area contributed by atoms with Gasteiger partial charge >= 0.3 is 5.97 Å². The Morgan fingerprint density at radius 3 is 2.67 bits per heavy atom. The van der Waals surface area contributed by atoms with Crippen LogP contribution in [0.5, 0.6) is 17.2 Å². The summed E-state index contributed by atoms with van der Waals surface area (Å²) in [5.74, 6) is 0.849. The minimum Gasteiger partial charge on any atom is -0.493 e. The summed E-state index contributed by atoms with van der Waals surface area (Å²) in [5, 5.41) is 0. The summed E-state index contributed by atoms with van der Waals surface area (Å²) in [6.07, 6.45) is 3.25. The van der Waals surface area contributed by atoms with Crippen molar-refractivity contribution in [1.82, 2.24) is 0 Å². The van der Waals surface area contributed by atoms with Crippen molar-refractivity contribution in [3.05, 3.63) is 71.5 Å². The molecule has 1 aliphatic rings. The molecular weight excluding hydrogens is 348 g/mol. The third kappa shape index (κ3) is 3.69. The predicted octanol–water partition coefficient (Wildman–Crippen LogP) is 3.66. The number of ketones is 1. The number of ether oxygens (including phenoxy) is 4. The van der Waals surface area contributed by atoms with Crippen LogP contribution >= 0.6 is 0 Å². The second kappa shape index (κ2) is 7.78. The number of benzene rings is 2. The van der Waals surface area contributed by atoms with Crippen LogP contribution in [0.1, 0.15) is 26.3 Å². The van der Waals surface area contributed by atoms with E-state index in [0.717, 1.165) is 0 Å². The van der Waals surface area contributed by atoms with Gasteiger partial charge < -0.3 is 18.9 Å². The second-order valence-corrected chi connectivity index (χ2v) is 5.65. The van der Waals surface area contributed by atoms with Gasteiger partial charge in [0.15, 0.2) is 17.3 Å². The van der Waals surface area contributed by atoms with E-state index >= 15 is 0 Å². The van der Waals surface area contributed by atoms with Crippen LogP contribution in [0.2, 0.25) is 0 Å². The molecule has 1 heterocycles. The summed E-state index contributed by atoms with van der Waals surface area (Å²) < 4.78 is 21.2. The van der Waals surface area contributed by atoms with Crippen molar-refractivity contribution in [3.63, 3.8) is 0 Å². The maximum atomic E-state index is 12.6. The lowest BCUT2D eigenvalue weighted by Gasteiger charge is -2.10. The second-order valence-electron chi connectivity index (χ2n) is 5.65. The van der Waals surface area contributed by atoms with Crippen LogP contribution in [0.25, 0.3) is 6.08 Å². The first kappa shape index (κ1) is 18.3. The van der Waals surface area contributed by atoms with Crippen LogP contribution in [0.4, 0.5) is 0 Å². The third-order valence-corrected chi connectivity index (χ3v) is 3.93. The van der Waals surface area contributed by atoms with Gasteiger partial charge in [-0.3, -0.25) is 4.79 Å². The summed E-state index contributed by atoms with van der Waals surface area (Å²) in [6.45, 7) is 3.97. The smallest absolute Gasteiger partial charge is 0.337 e. The van der Waals surface area contributed by atoms with Gasteiger partial charge in [-0.1, -0.05) is 18.7 Å². The SMILES string of the molecule is C=CCOc1ccc(/C=C2\Oc3ccc(C(=O)OC)cc3C2=O)cc1OC. The van der Waals surface area contributed by atoms with Crippen molar-refractivity contribution < 1.29 is 28.5 Å². The van der Waals surface area contributed by atoms with Gasteiger partial charge in [-0.25, -0.2) is 4.79 Å². The van der Waals surface area contributed by atoms with E-state index in [1.807, 2.05) is 0 Å². The molecule has 0 N–H and O–H groups in total. The molecule has 3 rings (SSSR count). The van der Waals surface area contributed by atoms with Crippen molar-refractivity contribution >= 4 is 17.8 Å². The first-order chi connectivity index (χ1) is 13.1. The zero-order valence-corrected chi connectivity index (χ0v) is 15.0. The van der Waals surface area contributed by atoms with Crippen LogP contribution in [0.3, 0.4) is 0 Å². The van der Waals surface area contributed by atoms with E-state index in [1.165, 1.54) is 20.3 Å². The molecule has 2 aromatic carbocycles. The maximum Gasteiger partial charge on any atom is 0.337 e. The van der Waals surface area contributed by atoms with E-state index in [4.69, 9.17) is 14.2 Å². The van der Waals surface area contributed by atoms with E-state index in [2.05, 4.69) is 11.3 Å². The highest BCUT2D eigenvalue weighted by atomic mass is 16.5. The van der Waals surface area contributed by atoms with Gasteiger partial charge in [0, 0.05) is 0 Å². The highest BCUT2D eigenvalue weighted by Gasteiger charge is 2.28. The van der Waals surface area contributed by atoms with E-state index in [-0.39, 0.29) is 11.5 Å². The molecule has 0 aliphatic carbocycles. The molecule has 0 saturated carbocycles. The van der Waals surface area contributed by atoms with E-state index in [9.17, 15) is 9.59 Å². The summed E-state index contributed by atoms with van der Waals surface area (Å²) in [7, 11) is 2.82. The van der Waals surface area contributed by atoms with E-state index in [1.54, 1.807) is 42.5 Å². The van der Waals surface area contributed by atoms with Crippen molar-refractivity contribution in [1.29, 1.82) is 0 Å². The number of hydrogen-bond donors (Lipinski definition) is 0. The van der Waals surface area contributed by atoms with Gasteiger partial charge in [-0.05, 0) is 42.0 Å². The average molecular weight is 366 g/mol. The van der Waals surface area contributed by atoms with Crippen LogP contribution in [0, 0.1) is 0 Å². The van der Waals surface area contributed by atoms with Gasteiger partial charge in [0.1, 0.15) is 12.4 Å². The minimum absolute atomic E-state index is 0.161. The van der Waals surface area contributed by atoms with Crippen molar-refractivity contribution in [2.75, 3.05) is 20.8 Å². The summed E-state index contributed by atoms with van der Waals surface area (Å²) in [6, 6.07) is 9.87. The lowest BCUT2D eigenvalue weighted by atomic mass is 10.1. The fraction of sp³-hybridized carbons (Fsp3) is 0.143. The predicted molar refractivity (Wildman–Crippen MR) is 99.4 cm³/mol. The molecule has 0 unspecified atom stereocenters. The molecule has 1 aliphatic heterocycles. The normalized spacial score (nSPS) is 13.7. The summed E-state index contributed by atoms with van der Waals surface area (Å²) >= 11 is 0.